The molecule has 3 rings (SSSR count). The van der Waals surface area contributed by atoms with Crippen LogP contribution in [0.5, 0.6) is 0 Å². The predicted octanol–water partition coefficient (Wildman–Crippen LogP) is 5.04. The van der Waals surface area contributed by atoms with Crippen molar-refractivity contribution >= 4 is 11.5 Å². The Morgan fingerprint density at radius 3 is 2.26 bits per heavy atom. The molecule has 1 saturated heterocycles. The fourth-order valence-electron chi connectivity index (χ4n) is 3.79. The summed E-state index contributed by atoms with van der Waals surface area (Å²) >= 11 is 0. The van der Waals surface area contributed by atoms with Crippen LogP contribution in [0.1, 0.15) is 37.3 Å². The summed E-state index contributed by atoms with van der Waals surface area (Å²) in [6.45, 7) is 5.29. The Morgan fingerprint density at radius 1 is 1.06 bits per heavy atom. The molecule has 2 aromatic carbocycles. The molecule has 0 spiro atoms. The van der Waals surface area contributed by atoms with Crippen molar-refractivity contribution in [2.45, 2.75) is 26.2 Å². The molecule has 2 aromatic rings. The summed E-state index contributed by atoms with van der Waals surface area (Å²) in [4.78, 5) is 14.3. The molecule has 1 heterocycles. The first-order valence-corrected chi connectivity index (χ1v) is 10.8. The second kappa shape index (κ2) is 11.6. The largest absolute Gasteiger partial charge is 0.500 e. The number of halogens is 2. The molecular formula is C25H29F2NO3. The van der Waals surface area contributed by atoms with Gasteiger partial charge in [-0.3, -0.25) is 4.79 Å². The van der Waals surface area contributed by atoms with E-state index in [0.29, 0.717) is 13.2 Å². The maximum Gasteiger partial charge on any atom is 0.310 e. The molecule has 6 heteroatoms. The Kier molecular flexibility index (Phi) is 8.59. The number of carbonyl (C=O) groups is 1. The summed E-state index contributed by atoms with van der Waals surface area (Å²) in [5, 5.41) is 0. The van der Waals surface area contributed by atoms with Crippen LogP contribution < -0.4 is 0 Å². The van der Waals surface area contributed by atoms with E-state index in [9.17, 15) is 13.6 Å². The van der Waals surface area contributed by atoms with Crippen molar-refractivity contribution in [2.24, 2.45) is 5.92 Å². The molecule has 0 bridgehead atoms. The van der Waals surface area contributed by atoms with Crippen LogP contribution in [0.25, 0.3) is 5.57 Å². The molecule has 166 valence electrons. The third-order valence-electron chi connectivity index (χ3n) is 5.37. The highest BCUT2D eigenvalue weighted by Gasteiger charge is 2.26. The van der Waals surface area contributed by atoms with Gasteiger partial charge in [-0.15, -0.1) is 0 Å². The van der Waals surface area contributed by atoms with E-state index in [-0.39, 0.29) is 23.5 Å². The monoisotopic (exact) mass is 429 g/mol. The van der Waals surface area contributed by atoms with E-state index >= 15 is 0 Å². The van der Waals surface area contributed by atoms with Gasteiger partial charge in [0.2, 0.25) is 0 Å². The fourth-order valence-corrected chi connectivity index (χ4v) is 3.79. The maximum absolute atomic E-state index is 13.3. The lowest BCUT2D eigenvalue weighted by atomic mass is 9.98. The molecule has 31 heavy (non-hydrogen) atoms. The van der Waals surface area contributed by atoms with Crippen molar-refractivity contribution in [3.05, 3.63) is 77.6 Å². The van der Waals surface area contributed by atoms with Crippen LogP contribution in [-0.2, 0) is 14.3 Å². The van der Waals surface area contributed by atoms with Gasteiger partial charge in [-0.05, 0) is 68.1 Å². The molecule has 1 atom stereocenters. The Labute approximate surface area is 182 Å². The Morgan fingerprint density at radius 2 is 1.68 bits per heavy atom. The van der Waals surface area contributed by atoms with Crippen molar-refractivity contribution in [2.75, 3.05) is 32.8 Å². The molecule has 1 aliphatic heterocycles. The maximum atomic E-state index is 13.3. The lowest BCUT2D eigenvalue weighted by Gasteiger charge is -2.31. The highest BCUT2D eigenvalue weighted by molar-refractivity contribution is 5.79. The second-order valence-corrected chi connectivity index (χ2v) is 7.66. The van der Waals surface area contributed by atoms with Crippen molar-refractivity contribution < 1.29 is 23.0 Å². The number of nitrogens with zero attached hydrogens (tertiary/aromatic N) is 1. The summed E-state index contributed by atoms with van der Waals surface area (Å²) in [5.74, 6) is -0.774. The highest BCUT2D eigenvalue weighted by atomic mass is 19.1. The van der Waals surface area contributed by atoms with E-state index in [2.05, 4.69) is 4.90 Å². The Bertz CT molecular complexity index is 818. The SMILES string of the molecule is CCOC(=O)[C@@H]1CCCN(CCCOC=C(c2ccc(F)cc2)c2ccc(F)cc2)C1. The minimum Gasteiger partial charge on any atom is -0.500 e. The van der Waals surface area contributed by atoms with Crippen LogP contribution in [0.4, 0.5) is 8.78 Å². The summed E-state index contributed by atoms with van der Waals surface area (Å²) < 4.78 is 37.6. The zero-order chi connectivity index (χ0) is 22.1. The number of hydrogen-bond acceptors (Lipinski definition) is 4. The fraction of sp³-hybridized carbons (Fsp3) is 0.400. The van der Waals surface area contributed by atoms with Crippen molar-refractivity contribution in [3.63, 3.8) is 0 Å². The standard InChI is InChI=1S/C25H29F2NO3/c1-2-31-25(29)21-5-3-14-28(17-21)15-4-16-30-18-24(19-6-10-22(26)11-7-19)20-8-12-23(27)13-9-20/h6-13,18,21H,2-5,14-17H2,1H3/t21-/m1/s1. The van der Waals surface area contributed by atoms with E-state index in [0.717, 1.165) is 55.6 Å². The van der Waals surface area contributed by atoms with Gasteiger partial charge < -0.3 is 14.4 Å². The van der Waals surface area contributed by atoms with Gasteiger partial charge in [0.05, 0.1) is 25.4 Å². The summed E-state index contributed by atoms with van der Waals surface area (Å²) in [7, 11) is 0. The molecule has 4 nitrogen and oxygen atoms in total. The third kappa shape index (κ3) is 6.89. The summed E-state index contributed by atoms with van der Waals surface area (Å²) in [5.41, 5.74) is 2.35. The number of benzene rings is 2. The summed E-state index contributed by atoms with van der Waals surface area (Å²) in [6.07, 6.45) is 4.33. The Balaban J connectivity index is 1.55. The number of rotatable bonds is 9. The highest BCUT2D eigenvalue weighted by Crippen LogP contribution is 2.24. The first-order chi connectivity index (χ1) is 15.1. The minimum atomic E-state index is -0.314. The molecule has 0 amide bonds. The van der Waals surface area contributed by atoms with Crippen LogP contribution in [-0.4, -0.2) is 43.7 Å². The molecule has 0 unspecified atom stereocenters. The molecule has 1 aliphatic rings. The van der Waals surface area contributed by atoms with Gasteiger partial charge in [-0.1, -0.05) is 24.3 Å². The van der Waals surface area contributed by atoms with Crippen LogP contribution in [0, 0.1) is 17.6 Å². The van der Waals surface area contributed by atoms with Gasteiger partial charge in [-0.25, -0.2) is 8.78 Å². The molecular weight excluding hydrogens is 400 g/mol. The number of hydrogen-bond donors (Lipinski definition) is 0. The predicted molar refractivity (Wildman–Crippen MR) is 116 cm³/mol. The van der Waals surface area contributed by atoms with Gasteiger partial charge in [-0.2, -0.15) is 0 Å². The van der Waals surface area contributed by atoms with Gasteiger partial charge in [0.1, 0.15) is 11.6 Å². The molecule has 1 fully saturated rings. The molecule has 0 saturated carbocycles. The quantitative estimate of drug-likeness (QED) is 0.318. The average molecular weight is 430 g/mol. The second-order valence-electron chi connectivity index (χ2n) is 7.66. The first kappa shape index (κ1) is 22.9. The molecule has 0 N–H and O–H groups in total. The zero-order valence-corrected chi connectivity index (χ0v) is 17.9. The zero-order valence-electron chi connectivity index (χ0n) is 17.9. The van der Waals surface area contributed by atoms with Crippen molar-refractivity contribution in [3.8, 4) is 0 Å². The Hall–Kier alpha value is -2.73. The molecule has 0 aromatic heterocycles. The van der Waals surface area contributed by atoms with Crippen molar-refractivity contribution in [1.82, 2.24) is 4.90 Å². The van der Waals surface area contributed by atoms with E-state index < -0.39 is 0 Å². The van der Waals surface area contributed by atoms with Crippen molar-refractivity contribution in [1.29, 1.82) is 0 Å². The van der Waals surface area contributed by atoms with Gasteiger partial charge >= 0.3 is 5.97 Å². The van der Waals surface area contributed by atoms with E-state index in [1.165, 1.54) is 24.3 Å². The number of carbonyl (C=O) groups excluding carboxylic acids is 1. The first-order valence-electron chi connectivity index (χ1n) is 10.8. The smallest absolute Gasteiger partial charge is 0.310 e. The topological polar surface area (TPSA) is 38.8 Å². The summed E-state index contributed by atoms with van der Waals surface area (Å²) in [6, 6.07) is 12.3. The van der Waals surface area contributed by atoms with Gasteiger partial charge in [0.25, 0.3) is 0 Å². The number of likely N-dealkylation sites (tertiary alicyclic amines) is 1. The lowest BCUT2D eigenvalue weighted by Crippen LogP contribution is -2.40. The molecule has 0 aliphatic carbocycles. The number of esters is 1. The minimum absolute atomic E-state index is 0.0435. The third-order valence-corrected chi connectivity index (χ3v) is 5.37. The lowest BCUT2D eigenvalue weighted by molar-refractivity contribution is -0.149. The molecule has 0 radical (unpaired) electrons. The van der Waals surface area contributed by atoms with E-state index in [4.69, 9.17) is 9.47 Å². The van der Waals surface area contributed by atoms with Crippen LogP contribution in [0.3, 0.4) is 0 Å². The van der Waals surface area contributed by atoms with E-state index in [1.807, 2.05) is 6.92 Å². The number of piperidine rings is 1. The number of ether oxygens (including phenoxy) is 2. The van der Waals surface area contributed by atoms with Gasteiger partial charge in [0, 0.05) is 18.7 Å². The van der Waals surface area contributed by atoms with E-state index in [1.54, 1.807) is 30.5 Å². The van der Waals surface area contributed by atoms with Crippen LogP contribution in [0.2, 0.25) is 0 Å². The normalized spacial score (nSPS) is 16.5. The van der Waals surface area contributed by atoms with Crippen LogP contribution >= 0.6 is 0 Å². The average Bonchev–Trinajstić information content (AvgIpc) is 2.78. The van der Waals surface area contributed by atoms with Crippen LogP contribution in [0.15, 0.2) is 54.8 Å². The van der Waals surface area contributed by atoms with Gasteiger partial charge in [0.15, 0.2) is 0 Å².